The van der Waals surface area contributed by atoms with E-state index in [0.717, 1.165) is 0 Å². The van der Waals surface area contributed by atoms with Crippen LogP contribution in [0, 0.1) is 0 Å². The number of carbonyl (C=O) groups is 1. The van der Waals surface area contributed by atoms with Gasteiger partial charge in [0.25, 0.3) is 0 Å². The van der Waals surface area contributed by atoms with Crippen molar-refractivity contribution in [2.24, 2.45) is 5.73 Å². The van der Waals surface area contributed by atoms with Crippen LogP contribution in [-0.2, 0) is 14.9 Å². The maximum absolute atomic E-state index is 11.2. The number of amides is 1. The number of hydrogen-bond donors (Lipinski definition) is 2. The maximum atomic E-state index is 11.2. The zero-order chi connectivity index (χ0) is 12.3. The molecule has 0 heterocycles. The van der Waals surface area contributed by atoms with Crippen molar-refractivity contribution >= 4 is 16.0 Å². The van der Waals surface area contributed by atoms with Gasteiger partial charge in [-0.05, 0) is 27.2 Å². The second kappa shape index (κ2) is 6.93. The van der Waals surface area contributed by atoms with Crippen LogP contribution in [0.5, 0.6) is 0 Å². The Hall–Kier alpha value is 0.340. The molecule has 0 aliphatic rings. The molecule has 16 heavy (non-hydrogen) atoms. The number of rotatable bonds is 4. The summed E-state index contributed by atoms with van der Waals surface area (Å²) >= 11 is 0. The summed E-state index contributed by atoms with van der Waals surface area (Å²) in [7, 11) is -4.49. The summed E-state index contributed by atoms with van der Waals surface area (Å²) < 4.78 is 31.3. The Morgan fingerprint density at radius 1 is 1.44 bits per heavy atom. The molecule has 0 bridgehead atoms. The van der Waals surface area contributed by atoms with Crippen LogP contribution in [0.25, 0.3) is 0 Å². The average Bonchev–Trinajstić information content (AvgIpc) is 1.94. The standard InChI is InChI=1S/C8H18N2O4S.Na/c1-8(2,3)10-7(11)5-4-6(9)15(12,13)14;/h6H,4-5,9H2,1-3H3,(H,10,11)(H,12,13,14);/q;+1/p-1. The zero-order valence-electron chi connectivity index (χ0n) is 10.1. The van der Waals surface area contributed by atoms with Crippen LogP contribution in [0.3, 0.4) is 0 Å². The smallest absolute Gasteiger partial charge is 0.747 e. The van der Waals surface area contributed by atoms with Crippen molar-refractivity contribution in [3.8, 4) is 0 Å². The summed E-state index contributed by atoms with van der Waals surface area (Å²) in [6.45, 7) is 5.40. The quantitative estimate of drug-likeness (QED) is 0.402. The topological polar surface area (TPSA) is 112 Å². The summed E-state index contributed by atoms with van der Waals surface area (Å²) in [6, 6.07) is 0. The molecule has 1 unspecified atom stereocenters. The third-order valence-electron chi connectivity index (χ3n) is 1.54. The summed E-state index contributed by atoms with van der Waals surface area (Å²) in [5.41, 5.74) is 4.70. The van der Waals surface area contributed by atoms with E-state index in [1.165, 1.54) is 0 Å². The molecule has 0 aromatic heterocycles. The fourth-order valence-electron chi connectivity index (χ4n) is 0.898. The molecular weight excluding hydrogens is 243 g/mol. The summed E-state index contributed by atoms with van der Waals surface area (Å²) in [4.78, 5) is 11.2. The maximum Gasteiger partial charge on any atom is 1.00 e. The van der Waals surface area contributed by atoms with Crippen molar-refractivity contribution in [2.75, 3.05) is 0 Å². The fraction of sp³-hybridized carbons (Fsp3) is 0.875. The fourth-order valence-corrected chi connectivity index (χ4v) is 1.30. The van der Waals surface area contributed by atoms with Gasteiger partial charge in [0.2, 0.25) is 5.91 Å². The molecule has 90 valence electrons. The first-order valence-corrected chi connectivity index (χ1v) is 6.01. The van der Waals surface area contributed by atoms with Gasteiger partial charge in [-0.2, -0.15) is 0 Å². The Balaban J connectivity index is 0. The van der Waals surface area contributed by atoms with Crippen LogP contribution < -0.4 is 40.6 Å². The number of carbonyl (C=O) groups excluding carboxylic acids is 1. The molecule has 0 saturated heterocycles. The van der Waals surface area contributed by atoms with Crippen molar-refractivity contribution in [3.63, 3.8) is 0 Å². The van der Waals surface area contributed by atoms with E-state index in [4.69, 9.17) is 5.73 Å². The van der Waals surface area contributed by atoms with E-state index < -0.39 is 15.5 Å². The van der Waals surface area contributed by atoms with Crippen LogP contribution in [0.2, 0.25) is 0 Å². The Bertz CT molecular complexity index is 323. The Morgan fingerprint density at radius 2 is 1.88 bits per heavy atom. The predicted molar refractivity (Wildman–Crippen MR) is 54.8 cm³/mol. The normalized spacial score (nSPS) is 13.8. The SMILES string of the molecule is CC(C)(C)NC(=O)CCC(N)S(=O)(=O)[O-].[Na+]. The van der Waals surface area contributed by atoms with Crippen molar-refractivity contribution in [2.45, 2.75) is 44.5 Å². The van der Waals surface area contributed by atoms with E-state index in [1.807, 2.05) is 0 Å². The van der Waals surface area contributed by atoms with Crippen LogP contribution in [0.1, 0.15) is 33.6 Å². The number of hydrogen-bond acceptors (Lipinski definition) is 5. The van der Waals surface area contributed by atoms with Gasteiger partial charge in [-0.15, -0.1) is 0 Å². The summed E-state index contributed by atoms with van der Waals surface area (Å²) in [5, 5.41) is 1.12. The van der Waals surface area contributed by atoms with Gasteiger partial charge in [-0.1, -0.05) is 0 Å². The Morgan fingerprint density at radius 3 is 2.19 bits per heavy atom. The van der Waals surface area contributed by atoms with E-state index in [-0.39, 0.29) is 53.8 Å². The molecule has 0 radical (unpaired) electrons. The molecule has 0 aromatic carbocycles. The van der Waals surface area contributed by atoms with Crippen molar-refractivity contribution in [1.29, 1.82) is 0 Å². The largest absolute Gasteiger partial charge is 1.00 e. The van der Waals surface area contributed by atoms with Crippen molar-refractivity contribution in [1.82, 2.24) is 5.32 Å². The third-order valence-corrected chi connectivity index (χ3v) is 2.52. The van der Waals surface area contributed by atoms with E-state index in [0.29, 0.717) is 0 Å². The first kappa shape index (κ1) is 18.7. The van der Waals surface area contributed by atoms with E-state index in [9.17, 15) is 17.8 Å². The minimum absolute atomic E-state index is 0. The van der Waals surface area contributed by atoms with Gasteiger partial charge < -0.3 is 15.6 Å². The first-order valence-electron chi connectivity index (χ1n) is 4.53. The average molecular weight is 260 g/mol. The van der Waals surface area contributed by atoms with Gasteiger partial charge in [0.1, 0.15) is 10.1 Å². The van der Waals surface area contributed by atoms with Gasteiger partial charge in [0, 0.05) is 12.0 Å². The molecule has 1 atom stereocenters. The van der Waals surface area contributed by atoms with E-state index in [2.05, 4.69) is 5.32 Å². The molecule has 0 fully saturated rings. The molecule has 0 aromatic rings. The zero-order valence-corrected chi connectivity index (χ0v) is 12.9. The number of nitrogens with one attached hydrogen (secondary N) is 1. The molecule has 0 spiro atoms. The van der Waals surface area contributed by atoms with Gasteiger partial charge in [-0.25, -0.2) is 8.42 Å². The van der Waals surface area contributed by atoms with Crippen LogP contribution in [-0.4, -0.2) is 29.8 Å². The Labute approximate surface area is 118 Å². The summed E-state index contributed by atoms with van der Waals surface area (Å²) in [6.07, 6.45) is -0.229. The second-order valence-electron chi connectivity index (χ2n) is 4.37. The molecule has 6 nitrogen and oxygen atoms in total. The predicted octanol–water partition coefficient (Wildman–Crippen LogP) is -3.48. The third kappa shape index (κ3) is 9.56. The van der Waals surface area contributed by atoms with Crippen LogP contribution >= 0.6 is 0 Å². The van der Waals surface area contributed by atoms with Gasteiger partial charge in [-0.3, -0.25) is 4.79 Å². The van der Waals surface area contributed by atoms with Crippen LogP contribution in [0.4, 0.5) is 0 Å². The van der Waals surface area contributed by atoms with Crippen molar-refractivity contribution < 1.29 is 47.3 Å². The molecule has 3 N–H and O–H groups in total. The van der Waals surface area contributed by atoms with Crippen molar-refractivity contribution in [3.05, 3.63) is 0 Å². The molecule has 8 heteroatoms. The first-order chi connectivity index (χ1) is 6.52. The van der Waals surface area contributed by atoms with Gasteiger partial charge in [0.05, 0.1) is 5.37 Å². The molecule has 0 saturated carbocycles. The number of nitrogens with two attached hydrogens (primary N) is 1. The summed E-state index contributed by atoms with van der Waals surface area (Å²) in [5.74, 6) is -0.318. The molecule has 0 aliphatic heterocycles. The molecule has 0 aliphatic carbocycles. The van der Waals surface area contributed by atoms with Gasteiger partial charge in [0.15, 0.2) is 0 Å². The molecule has 1 amide bonds. The van der Waals surface area contributed by atoms with Crippen LogP contribution in [0.15, 0.2) is 0 Å². The van der Waals surface area contributed by atoms with E-state index in [1.54, 1.807) is 20.8 Å². The minimum Gasteiger partial charge on any atom is -0.747 e. The van der Waals surface area contributed by atoms with E-state index >= 15 is 0 Å². The minimum atomic E-state index is -4.49. The Kier molecular flexibility index (Phi) is 8.10. The molecule has 0 rings (SSSR count). The monoisotopic (exact) mass is 260 g/mol. The van der Waals surface area contributed by atoms with Gasteiger partial charge >= 0.3 is 29.6 Å². The second-order valence-corrected chi connectivity index (χ2v) is 5.96. The molecular formula is C8H17N2NaO4S.